The van der Waals surface area contributed by atoms with Gasteiger partial charge in [-0.3, -0.25) is 9.59 Å². The Morgan fingerprint density at radius 2 is 2.09 bits per heavy atom. The fourth-order valence-corrected chi connectivity index (χ4v) is 2.59. The van der Waals surface area contributed by atoms with Gasteiger partial charge in [0.15, 0.2) is 11.7 Å². The molecule has 0 spiro atoms. The van der Waals surface area contributed by atoms with Crippen LogP contribution in [-0.4, -0.2) is 17.7 Å². The number of furan rings is 1. The average molecular weight is 300 g/mol. The number of nitrogens with one attached hydrogen (secondary N) is 1. The molecule has 22 heavy (non-hydrogen) atoms. The molecule has 0 bridgehead atoms. The number of hydrogen-bond donors (Lipinski definition) is 1. The van der Waals surface area contributed by atoms with Crippen molar-refractivity contribution >= 4 is 17.8 Å². The van der Waals surface area contributed by atoms with Crippen molar-refractivity contribution in [3.63, 3.8) is 0 Å². The van der Waals surface area contributed by atoms with Crippen molar-refractivity contribution in [3.8, 4) is 6.07 Å². The lowest BCUT2D eigenvalue weighted by Gasteiger charge is -2.23. The highest BCUT2D eigenvalue weighted by Crippen LogP contribution is 2.18. The summed E-state index contributed by atoms with van der Waals surface area (Å²) in [5.41, 5.74) is 0. The summed E-state index contributed by atoms with van der Waals surface area (Å²) in [5.74, 6) is -1.06. The van der Waals surface area contributed by atoms with Crippen LogP contribution in [0.5, 0.6) is 0 Å². The minimum atomic E-state index is -1.30. The van der Waals surface area contributed by atoms with Crippen molar-refractivity contribution < 1.29 is 14.0 Å². The summed E-state index contributed by atoms with van der Waals surface area (Å²) in [5, 5.41) is 11.9. The molecule has 5 heteroatoms. The fourth-order valence-electron chi connectivity index (χ4n) is 2.59. The smallest absolute Gasteiger partial charge is 0.245 e. The average Bonchev–Trinajstić information content (AvgIpc) is 2.92. The predicted octanol–water partition coefficient (Wildman–Crippen LogP) is 2.76. The first-order valence-corrected chi connectivity index (χ1v) is 7.58. The van der Waals surface area contributed by atoms with Crippen LogP contribution in [0.1, 0.15) is 43.6 Å². The second-order valence-electron chi connectivity index (χ2n) is 5.59. The van der Waals surface area contributed by atoms with Crippen LogP contribution >= 0.6 is 0 Å². The lowest BCUT2D eigenvalue weighted by atomic mass is 9.94. The van der Waals surface area contributed by atoms with E-state index < -0.39 is 17.6 Å². The Bertz CT molecular complexity index is 604. The molecule has 0 saturated heterocycles. The minimum Gasteiger partial charge on any atom is -0.462 e. The van der Waals surface area contributed by atoms with Gasteiger partial charge in [-0.25, -0.2) is 0 Å². The van der Waals surface area contributed by atoms with Gasteiger partial charge in [0.1, 0.15) is 11.5 Å². The molecule has 1 N–H and O–H groups in total. The lowest BCUT2D eigenvalue weighted by molar-refractivity contribution is -0.130. The Balaban J connectivity index is 1.94. The number of nitrogens with zero attached hydrogens (tertiary/aromatic N) is 1. The molecule has 1 heterocycles. The van der Waals surface area contributed by atoms with Gasteiger partial charge in [0.05, 0.1) is 6.07 Å². The fraction of sp³-hybridized carbons (Fsp3) is 0.471. The lowest BCUT2D eigenvalue weighted by Crippen LogP contribution is -2.41. The van der Waals surface area contributed by atoms with Crippen LogP contribution < -0.4 is 5.32 Å². The van der Waals surface area contributed by atoms with Crippen LogP contribution in [0.15, 0.2) is 22.6 Å². The second-order valence-corrected chi connectivity index (χ2v) is 5.59. The SMILES string of the molecule is Cc1ccc(/C=C\C(=O)[C@H](C#N)C(=O)NC2CCCCC2)o1. The molecule has 1 aliphatic rings. The summed E-state index contributed by atoms with van der Waals surface area (Å²) >= 11 is 0. The van der Waals surface area contributed by atoms with Gasteiger partial charge in [0, 0.05) is 6.04 Å². The summed E-state index contributed by atoms with van der Waals surface area (Å²) in [6.45, 7) is 1.80. The maximum absolute atomic E-state index is 12.1. The van der Waals surface area contributed by atoms with Crippen molar-refractivity contribution in [2.24, 2.45) is 5.92 Å². The normalized spacial score (nSPS) is 17.1. The van der Waals surface area contributed by atoms with Gasteiger partial charge >= 0.3 is 0 Å². The molecular formula is C17H20N2O3. The van der Waals surface area contributed by atoms with Gasteiger partial charge in [0.2, 0.25) is 5.91 Å². The van der Waals surface area contributed by atoms with Crippen LogP contribution in [0, 0.1) is 24.2 Å². The van der Waals surface area contributed by atoms with E-state index in [1.807, 2.05) is 0 Å². The van der Waals surface area contributed by atoms with Crippen molar-refractivity contribution in [2.45, 2.75) is 45.1 Å². The molecule has 1 aromatic heterocycles. The molecule has 1 saturated carbocycles. The molecule has 0 aliphatic heterocycles. The van der Waals surface area contributed by atoms with Crippen molar-refractivity contribution in [1.82, 2.24) is 5.32 Å². The number of amides is 1. The Morgan fingerprint density at radius 1 is 1.36 bits per heavy atom. The zero-order valence-electron chi connectivity index (χ0n) is 12.7. The number of rotatable bonds is 5. The van der Waals surface area contributed by atoms with Gasteiger partial charge in [-0.1, -0.05) is 19.3 Å². The molecular weight excluding hydrogens is 280 g/mol. The molecule has 0 radical (unpaired) electrons. The third-order valence-corrected chi connectivity index (χ3v) is 3.80. The van der Waals surface area contributed by atoms with Crippen LogP contribution in [0.25, 0.3) is 6.08 Å². The van der Waals surface area contributed by atoms with E-state index in [2.05, 4.69) is 5.32 Å². The molecule has 1 aliphatic carbocycles. The Hall–Kier alpha value is -2.35. The highest BCUT2D eigenvalue weighted by Gasteiger charge is 2.27. The largest absolute Gasteiger partial charge is 0.462 e. The molecule has 1 amide bonds. The molecule has 0 aromatic carbocycles. The number of carbonyl (C=O) groups excluding carboxylic acids is 2. The minimum absolute atomic E-state index is 0.0848. The van der Waals surface area contributed by atoms with E-state index in [0.29, 0.717) is 5.76 Å². The molecule has 0 unspecified atom stereocenters. The molecule has 5 nitrogen and oxygen atoms in total. The third kappa shape index (κ3) is 4.32. The third-order valence-electron chi connectivity index (χ3n) is 3.80. The Kier molecular flexibility index (Phi) is 5.54. The van der Waals surface area contributed by atoms with E-state index in [0.717, 1.165) is 31.4 Å². The molecule has 1 aromatic rings. The molecule has 1 atom stereocenters. The summed E-state index contributed by atoms with van der Waals surface area (Å²) in [6.07, 6.45) is 7.87. The Morgan fingerprint density at radius 3 is 2.68 bits per heavy atom. The van der Waals surface area contributed by atoms with Gasteiger partial charge in [-0.15, -0.1) is 0 Å². The quantitative estimate of drug-likeness (QED) is 0.669. The molecule has 116 valence electrons. The standard InChI is InChI=1S/C17H20N2O3/c1-12-7-8-14(22-12)9-10-16(20)15(11-18)17(21)19-13-5-3-2-4-6-13/h7-10,13,15H,2-6H2,1H3,(H,19,21)/b10-9-/t15-/m0/s1. The maximum Gasteiger partial charge on any atom is 0.245 e. The van der Waals surface area contributed by atoms with Crippen LogP contribution in [-0.2, 0) is 9.59 Å². The topological polar surface area (TPSA) is 83.1 Å². The van der Waals surface area contributed by atoms with E-state index in [1.54, 1.807) is 25.1 Å². The van der Waals surface area contributed by atoms with E-state index in [4.69, 9.17) is 9.68 Å². The van der Waals surface area contributed by atoms with E-state index in [-0.39, 0.29) is 6.04 Å². The molecule has 1 fully saturated rings. The van der Waals surface area contributed by atoms with Crippen LogP contribution in [0.3, 0.4) is 0 Å². The highest BCUT2D eigenvalue weighted by molar-refractivity contribution is 6.10. The second kappa shape index (κ2) is 7.60. The van der Waals surface area contributed by atoms with Crippen LogP contribution in [0.2, 0.25) is 0 Å². The summed E-state index contributed by atoms with van der Waals surface area (Å²) in [6, 6.07) is 5.38. The van der Waals surface area contributed by atoms with E-state index in [1.165, 1.54) is 18.6 Å². The van der Waals surface area contributed by atoms with Crippen LogP contribution in [0.4, 0.5) is 0 Å². The zero-order valence-corrected chi connectivity index (χ0v) is 12.7. The van der Waals surface area contributed by atoms with E-state index >= 15 is 0 Å². The first kappa shape index (κ1) is 16.0. The van der Waals surface area contributed by atoms with Crippen molar-refractivity contribution in [3.05, 3.63) is 29.7 Å². The van der Waals surface area contributed by atoms with Gasteiger partial charge in [-0.2, -0.15) is 5.26 Å². The molecule has 2 rings (SSSR count). The monoisotopic (exact) mass is 300 g/mol. The summed E-state index contributed by atoms with van der Waals surface area (Å²) in [7, 11) is 0. The predicted molar refractivity (Wildman–Crippen MR) is 81.6 cm³/mol. The van der Waals surface area contributed by atoms with Gasteiger partial charge in [0.25, 0.3) is 0 Å². The van der Waals surface area contributed by atoms with Crippen molar-refractivity contribution in [1.29, 1.82) is 5.26 Å². The zero-order chi connectivity index (χ0) is 15.9. The number of hydrogen-bond acceptors (Lipinski definition) is 4. The Labute approximate surface area is 130 Å². The number of ketones is 1. The summed E-state index contributed by atoms with van der Waals surface area (Å²) < 4.78 is 5.31. The van der Waals surface area contributed by atoms with Crippen molar-refractivity contribution in [2.75, 3.05) is 0 Å². The summed E-state index contributed by atoms with van der Waals surface area (Å²) in [4.78, 5) is 24.1. The number of aryl methyl sites for hydroxylation is 1. The number of allylic oxidation sites excluding steroid dienone is 1. The number of nitriles is 1. The number of carbonyl (C=O) groups is 2. The van der Waals surface area contributed by atoms with E-state index in [9.17, 15) is 9.59 Å². The first-order chi connectivity index (χ1) is 10.6. The van der Waals surface area contributed by atoms with Gasteiger partial charge < -0.3 is 9.73 Å². The maximum atomic E-state index is 12.1. The first-order valence-electron chi connectivity index (χ1n) is 7.58. The van der Waals surface area contributed by atoms with Gasteiger partial charge in [-0.05, 0) is 44.1 Å². The highest BCUT2D eigenvalue weighted by atomic mass is 16.3.